The van der Waals surface area contributed by atoms with Crippen molar-refractivity contribution in [1.82, 2.24) is 0 Å². The average Bonchev–Trinajstić information content (AvgIpc) is 1.81. The van der Waals surface area contributed by atoms with Crippen LogP contribution in [0.25, 0.3) is 0 Å². The van der Waals surface area contributed by atoms with E-state index >= 15 is 0 Å². The van der Waals surface area contributed by atoms with E-state index in [-0.39, 0.29) is 5.92 Å². The SMILES string of the molecule is FC(F)C#CC(F)(F)C(F)(F)F. The van der Waals surface area contributed by atoms with Gasteiger partial charge in [0.05, 0.1) is 0 Å². The Morgan fingerprint density at radius 3 is 1.58 bits per heavy atom. The molecule has 0 saturated heterocycles. The second-order valence-corrected chi connectivity index (χ2v) is 1.64. The number of alkyl halides is 7. The molecular formula is C5HF7. The smallest absolute Gasteiger partial charge is 0.196 e. The Labute approximate surface area is 62.4 Å². The zero-order valence-electron chi connectivity index (χ0n) is 5.22. The van der Waals surface area contributed by atoms with Crippen LogP contribution in [0, 0.1) is 11.8 Å². The van der Waals surface area contributed by atoms with E-state index in [1.807, 2.05) is 0 Å². The van der Waals surface area contributed by atoms with E-state index in [2.05, 4.69) is 0 Å². The van der Waals surface area contributed by atoms with E-state index in [0.717, 1.165) is 0 Å². The lowest BCUT2D eigenvalue weighted by Gasteiger charge is -2.12. The van der Waals surface area contributed by atoms with E-state index in [1.165, 1.54) is 0 Å². The van der Waals surface area contributed by atoms with E-state index in [0.29, 0.717) is 5.92 Å². The molecule has 12 heavy (non-hydrogen) atoms. The zero-order valence-corrected chi connectivity index (χ0v) is 5.22. The second-order valence-electron chi connectivity index (χ2n) is 1.64. The maximum absolute atomic E-state index is 11.7. The van der Waals surface area contributed by atoms with Gasteiger partial charge in [0.1, 0.15) is 0 Å². The summed E-state index contributed by atoms with van der Waals surface area (Å²) in [6.07, 6.45) is -9.41. The molecule has 0 atom stereocenters. The summed E-state index contributed by atoms with van der Waals surface area (Å²) in [5, 5.41) is 0. The van der Waals surface area contributed by atoms with Crippen LogP contribution in [0.15, 0.2) is 0 Å². The van der Waals surface area contributed by atoms with Crippen LogP contribution in [0.5, 0.6) is 0 Å². The molecule has 0 aliphatic rings. The molecule has 0 aromatic heterocycles. The Kier molecular flexibility index (Phi) is 2.96. The molecule has 0 saturated carbocycles. The van der Waals surface area contributed by atoms with Gasteiger partial charge in [-0.3, -0.25) is 0 Å². The first-order valence-corrected chi connectivity index (χ1v) is 2.42. The standard InChI is InChI=1S/C5HF7/c6-3(7)1-2-4(8,9)5(10,11)12/h3H. The molecule has 0 aromatic carbocycles. The summed E-state index contributed by atoms with van der Waals surface area (Å²) in [5.74, 6) is -4.79. The van der Waals surface area contributed by atoms with Gasteiger partial charge in [-0.05, 0) is 11.8 Å². The van der Waals surface area contributed by atoms with Crippen molar-refractivity contribution in [3.63, 3.8) is 0 Å². The summed E-state index contributed by atoms with van der Waals surface area (Å²) in [6, 6.07) is 0. The summed E-state index contributed by atoms with van der Waals surface area (Å²) >= 11 is 0. The highest BCUT2D eigenvalue weighted by atomic mass is 19.4. The van der Waals surface area contributed by atoms with Crippen LogP contribution < -0.4 is 0 Å². The predicted molar refractivity (Wildman–Crippen MR) is 24.8 cm³/mol. The summed E-state index contributed by atoms with van der Waals surface area (Å²) in [6.45, 7) is 0. The van der Waals surface area contributed by atoms with Crippen molar-refractivity contribution in [3.8, 4) is 11.8 Å². The van der Waals surface area contributed by atoms with Crippen LogP contribution in [0.3, 0.4) is 0 Å². The molecule has 7 heteroatoms. The molecule has 0 aliphatic carbocycles. The normalized spacial score (nSPS) is 12.7. The van der Waals surface area contributed by atoms with Crippen LogP contribution in [-0.2, 0) is 0 Å². The highest BCUT2D eigenvalue weighted by molar-refractivity contribution is 5.13. The fourth-order valence-corrected chi connectivity index (χ4v) is 0.216. The van der Waals surface area contributed by atoms with Crippen LogP contribution in [0.4, 0.5) is 30.7 Å². The molecule has 0 unspecified atom stereocenters. The fourth-order valence-electron chi connectivity index (χ4n) is 0.216. The summed E-state index contributed by atoms with van der Waals surface area (Å²) in [7, 11) is 0. The quantitative estimate of drug-likeness (QED) is 0.410. The lowest BCUT2D eigenvalue weighted by atomic mass is 10.3. The van der Waals surface area contributed by atoms with Gasteiger partial charge in [0.25, 0.3) is 6.43 Å². The van der Waals surface area contributed by atoms with Crippen molar-refractivity contribution >= 4 is 0 Å². The topological polar surface area (TPSA) is 0 Å². The van der Waals surface area contributed by atoms with Gasteiger partial charge in [0, 0.05) is 0 Å². The summed E-state index contributed by atoms with van der Waals surface area (Å²) in [5.41, 5.74) is 0. The molecule has 0 heterocycles. The van der Waals surface area contributed by atoms with E-state index in [4.69, 9.17) is 0 Å². The van der Waals surface area contributed by atoms with Crippen molar-refractivity contribution in [2.75, 3.05) is 0 Å². The molecule has 70 valence electrons. The lowest BCUT2D eigenvalue weighted by molar-refractivity contribution is -0.254. The summed E-state index contributed by atoms with van der Waals surface area (Å²) in [4.78, 5) is 0. The zero-order chi connectivity index (χ0) is 9.99. The molecule has 0 N–H and O–H groups in total. The van der Waals surface area contributed by atoms with E-state index < -0.39 is 18.5 Å². The maximum Gasteiger partial charge on any atom is 0.466 e. The molecule has 0 spiro atoms. The number of hydrogen-bond acceptors (Lipinski definition) is 0. The monoisotopic (exact) mass is 194 g/mol. The second kappa shape index (κ2) is 3.21. The first kappa shape index (κ1) is 11.1. The van der Waals surface area contributed by atoms with E-state index in [9.17, 15) is 30.7 Å². The van der Waals surface area contributed by atoms with Gasteiger partial charge < -0.3 is 0 Å². The molecule has 0 radical (unpaired) electrons. The van der Waals surface area contributed by atoms with Gasteiger partial charge in [-0.25, -0.2) is 0 Å². The molecular weight excluding hydrogens is 193 g/mol. The number of hydrogen-bond donors (Lipinski definition) is 0. The van der Waals surface area contributed by atoms with Gasteiger partial charge in [-0.2, -0.15) is 30.7 Å². The minimum Gasteiger partial charge on any atom is -0.196 e. The van der Waals surface area contributed by atoms with Crippen LogP contribution in [-0.4, -0.2) is 18.5 Å². The molecule has 0 nitrogen and oxygen atoms in total. The maximum atomic E-state index is 11.7. The van der Waals surface area contributed by atoms with Crippen LogP contribution in [0.1, 0.15) is 0 Å². The predicted octanol–water partition coefficient (Wildman–Crippen LogP) is 2.45. The lowest BCUT2D eigenvalue weighted by Crippen LogP contribution is -2.34. The third-order valence-electron chi connectivity index (χ3n) is 0.694. The minimum atomic E-state index is -5.91. The molecule has 0 fully saturated rings. The Morgan fingerprint density at radius 1 is 0.917 bits per heavy atom. The summed E-state index contributed by atoms with van der Waals surface area (Å²) < 4.78 is 79.0. The highest BCUT2D eigenvalue weighted by Crippen LogP contribution is 2.34. The van der Waals surface area contributed by atoms with Crippen molar-refractivity contribution < 1.29 is 30.7 Å². The molecule has 0 bridgehead atoms. The first-order chi connectivity index (χ1) is 5.17. The molecule has 0 aliphatic heterocycles. The number of rotatable bonds is 0. The van der Waals surface area contributed by atoms with E-state index in [1.54, 1.807) is 0 Å². The van der Waals surface area contributed by atoms with Gasteiger partial charge in [0.15, 0.2) is 0 Å². The Bertz CT molecular complexity index is 202. The van der Waals surface area contributed by atoms with Gasteiger partial charge in [-0.1, -0.05) is 0 Å². The van der Waals surface area contributed by atoms with Crippen LogP contribution in [0.2, 0.25) is 0 Å². The van der Waals surface area contributed by atoms with Crippen molar-refractivity contribution in [2.24, 2.45) is 0 Å². The highest BCUT2D eigenvalue weighted by Gasteiger charge is 2.56. The van der Waals surface area contributed by atoms with Crippen molar-refractivity contribution in [2.45, 2.75) is 18.5 Å². The third-order valence-corrected chi connectivity index (χ3v) is 0.694. The van der Waals surface area contributed by atoms with Crippen LogP contribution >= 0.6 is 0 Å². The first-order valence-electron chi connectivity index (χ1n) is 2.42. The largest absolute Gasteiger partial charge is 0.466 e. The van der Waals surface area contributed by atoms with Crippen molar-refractivity contribution in [1.29, 1.82) is 0 Å². The number of halogens is 7. The molecule has 0 rings (SSSR count). The minimum absolute atomic E-state index is 0.140. The Hall–Kier alpha value is -0.930. The Morgan fingerprint density at radius 2 is 1.33 bits per heavy atom. The third kappa shape index (κ3) is 2.98. The molecule has 0 amide bonds. The Balaban J connectivity index is 4.57. The fraction of sp³-hybridized carbons (Fsp3) is 0.600. The van der Waals surface area contributed by atoms with Gasteiger partial charge in [-0.15, -0.1) is 0 Å². The molecule has 0 aromatic rings. The van der Waals surface area contributed by atoms with Crippen molar-refractivity contribution in [3.05, 3.63) is 0 Å². The van der Waals surface area contributed by atoms with Gasteiger partial charge >= 0.3 is 12.1 Å². The average molecular weight is 194 g/mol. The van der Waals surface area contributed by atoms with Gasteiger partial charge in [0.2, 0.25) is 0 Å².